The first-order valence-electron chi connectivity index (χ1n) is 7.77. The number of rotatable bonds is 5. The number of amides is 2. The van der Waals surface area contributed by atoms with Crippen LogP contribution in [0.5, 0.6) is 0 Å². The van der Waals surface area contributed by atoms with Crippen molar-refractivity contribution in [2.24, 2.45) is 0 Å². The van der Waals surface area contributed by atoms with Crippen LogP contribution in [0.2, 0.25) is 0 Å². The first kappa shape index (κ1) is 16.7. The summed E-state index contributed by atoms with van der Waals surface area (Å²) in [6.45, 7) is 5.53. The van der Waals surface area contributed by atoms with Crippen LogP contribution in [0.3, 0.4) is 0 Å². The van der Waals surface area contributed by atoms with Gasteiger partial charge in [-0.3, -0.25) is 9.59 Å². The molecule has 0 saturated carbocycles. The molecule has 0 radical (unpaired) electrons. The second-order valence-corrected chi connectivity index (χ2v) is 5.55. The topological polar surface area (TPSA) is 58.2 Å². The van der Waals surface area contributed by atoms with Crippen molar-refractivity contribution in [3.8, 4) is 0 Å². The van der Waals surface area contributed by atoms with Gasteiger partial charge in [-0.15, -0.1) is 0 Å². The summed E-state index contributed by atoms with van der Waals surface area (Å²) in [6, 6.07) is 15.0. The molecule has 0 saturated heterocycles. The number of hydrogen-bond acceptors (Lipinski definition) is 2. The Kier molecular flexibility index (Phi) is 5.52. The van der Waals surface area contributed by atoms with Gasteiger partial charge in [-0.25, -0.2) is 0 Å². The van der Waals surface area contributed by atoms with E-state index in [2.05, 4.69) is 29.7 Å². The van der Waals surface area contributed by atoms with Crippen molar-refractivity contribution in [1.29, 1.82) is 0 Å². The van der Waals surface area contributed by atoms with E-state index in [9.17, 15) is 9.59 Å². The summed E-state index contributed by atoms with van der Waals surface area (Å²) in [5.41, 5.74) is 3.60. The van der Waals surface area contributed by atoms with Crippen molar-refractivity contribution in [2.45, 2.75) is 33.2 Å². The summed E-state index contributed by atoms with van der Waals surface area (Å²) in [4.78, 5) is 23.3. The lowest BCUT2D eigenvalue weighted by atomic mass is 10.0. The second-order valence-electron chi connectivity index (χ2n) is 5.55. The largest absolute Gasteiger partial charge is 0.346 e. The van der Waals surface area contributed by atoms with Crippen LogP contribution in [0.25, 0.3) is 0 Å². The van der Waals surface area contributed by atoms with Gasteiger partial charge in [-0.1, -0.05) is 31.2 Å². The highest BCUT2D eigenvalue weighted by Gasteiger charge is 2.11. The molecule has 4 heteroatoms. The van der Waals surface area contributed by atoms with Crippen molar-refractivity contribution < 1.29 is 9.59 Å². The van der Waals surface area contributed by atoms with Gasteiger partial charge in [0.2, 0.25) is 5.91 Å². The molecule has 0 aromatic heterocycles. The molecule has 0 fully saturated rings. The standard InChI is InChI=1S/C19H22N2O2/c1-4-15-5-7-16(8-6-15)13(2)20-19(23)17-9-11-18(12-10-17)21-14(3)22/h5-13H,4H2,1-3H3,(H,20,23)(H,21,22). The molecule has 2 aromatic rings. The molecule has 0 heterocycles. The Morgan fingerprint density at radius 2 is 1.61 bits per heavy atom. The van der Waals surface area contributed by atoms with Crippen molar-refractivity contribution >= 4 is 17.5 Å². The van der Waals surface area contributed by atoms with E-state index in [0.29, 0.717) is 11.3 Å². The van der Waals surface area contributed by atoms with E-state index < -0.39 is 0 Å². The van der Waals surface area contributed by atoms with E-state index in [-0.39, 0.29) is 17.9 Å². The molecule has 2 aromatic carbocycles. The average Bonchev–Trinajstić information content (AvgIpc) is 2.55. The fourth-order valence-corrected chi connectivity index (χ4v) is 2.31. The highest BCUT2D eigenvalue weighted by molar-refractivity contribution is 5.95. The molecule has 1 unspecified atom stereocenters. The van der Waals surface area contributed by atoms with E-state index in [1.807, 2.05) is 19.1 Å². The Labute approximate surface area is 136 Å². The minimum absolute atomic E-state index is 0.0663. The molecular formula is C19H22N2O2. The molecule has 0 aliphatic rings. The van der Waals surface area contributed by atoms with Gasteiger partial charge in [0.1, 0.15) is 0 Å². The number of hydrogen-bond donors (Lipinski definition) is 2. The molecule has 23 heavy (non-hydrogen) atoms. The Balaban J connectivity index is 2.01. The lowest BCUT2D eigenvalue weighted by Gasteiger charge is -2.15. The maximum Gasteiger partial charge on any atom is 0.251 e. The quantitative estimate of drug-likeness (QED) is 0.884. The summed E-state index contributed by atoms with van der Waals surface area (Å²) in [5, 5.41) is 5.66. The molecule has 0 spiro atoms. The van der Waals surface area contributed by atoms with Gasteiger partial charge in [0.05, 0.1) is 6.04 Å². The fraction of sp³-hybridized carbons (Fsp3) is 0.263. The van der Waals surface area contributed by atoms with Gasteiger partial charge < -0.3 is 10.6 Å². The van der Waals surface area contributed by atoms with Gasteiger partial charge in [-0.05, 0) is 48.7 Å². The van der Waals surface area contributed by atoms with Gasteiger partial charge in [0.25, 0.3) is 5.91 Å². The first-order chi connectivity index (χ1) is 11.0. The van der Waals surface area contributed by atoms with Gasteiger partial charge in [0, 0.05) is 18.2 Å². The summed E-state index contributed by atoms with van der Waals surface area (Å²) >= 11 is 0. The van der Waals surface area contributed by atoms with Crippen LogP contribution in [-0.2, 0) is 11.2 Å². The van der Waals surface area contributed by atoms with E-state index in [1.165, 1.54) is 12.5 Å². The van der Waals surface area contributed by atoms with E-state index >= 15 is 0 Å². The SMILES string of the molecule is CCc1ccc(C(C)NC(=O)c2ccc(NC(C)=O)cc2)cc1. The average molecular weight is 310 g/mol. The van der Waals surface area contributed by atoms with Crippen molar-refractivity contribution in [3.63, 3.8) is 0 Å². The van der Waals surface area contributed by atoms with Gasteiger partial charge in [-0.2, -0.15) is 0 Å². The summed E-state index contributed by atoms with van der Waals surface area (Å²) in [5.74, 6) is -0.266. The third-order valence-corrected chi connectivity index (χ3v) is 3.70. The Morgan fingerprint density at radius 1 is 1.00 bits per heavy atom. The molecule has 120 valence electrons. The molecule has 2 amide bonds. The zero-order valence-corrected chi connectivity index (χ0v) is 13.7. The normalized spacial score (nSPS) is 11.6. The molecule has 0 bridgehead atoms. The maximum absolute atomic E-state index is 12.3. The van der Waals surface area contributed by atoms with Crippen LogP contribution in [0, 0.1) is 0 Å². The minimum atomic E-state index is -0.133. The molecule has 1 atom stereocenters. The van der Waals surface area contributed by atoms with Gasteiger partial charge >= 0.3 is 0 Å². The van der Waals surface area contributed by atoms with Crippen LogP contribution >= 0.6 is 0 Å². The molecule has 2 N–H and O–H groups in total. The van der Waals surface area contributed by atoms with Crippen molar-refractivity contribution in [2.75, 3.05) is 5.32 Å². The molecule has 4 nitrogen and oxygen atoms in total. The smallest absolute Gasteiger partial charge is 0.251 e. The number of carbonyl (C=O) groups excluding carboxylic acids is 2. The molecule has 0 aliphatic carbocycles. The Bertz CT molecular complexity index is 676. The molecular weight excluding hydrogens is 288 g/mol. The summed E-state index contributed by atoms with van der Waals surface area (Å²) in [7, 11) is 0. The monoisotopic (exact) mass is 310 g/mol. The molecule has 0 aliphatic heterocycles. The number of benzene rings is 2. The highest BCUT2D eigenvalue weighted by Crippen LogP contribution is 2.15. The summed E-state index contributed by atoms with van der Waals surface area (Å²) in [6.07, 6.45) is 1.00. The predicted molar refractivity (Wildman–Crippen MR) is 92.4 cm³/mol. The Hall–Kier alpha value is -2.62. The number of nitrogens with one attached hydrogen (secondary N) is 2. The highest BCUT2D eigenvalue weighted by atomic mass is 16.2. The van der Waals surface area contributed by atoms with Crippen molar-refractivity contribution in [3.05, 3.63) is 65.2 Å². The van der Waals surface area contributed by atoms with Crippen LogP contribution in [0.1, 0.15) is 48.3 Å². The first-order valence-corrected chi connectivity index (χ1v) is 7.77. The van der Waals surface area contributed by atoms with Gasteiger partial charge in [0.15, 0.2) is 0 Å². The predicted octanol–water partition coefficient (Wildman–Crippen LogP) is 3.70. The lowest BCUT2D eigenvalue weighted by Crippen LogP contribution is -2.26. The second kappa shape index (κ2) is 7.58. The Morgan fingerprint density at radius 3 is 2.13 bits per heavy atom. The third kappa shape index (κ3) is 4.68. The maximum atomic E-state index is 12.3. The van der Waals surface area contributed by atoms with E-state index in [4.69, 9.17) is 0 Å². The zero-order chi connectivity index (χ0) is 16.8. The number of anilines is 1. The van der Waals surface area contributed by atoms with Crippen LogP contribution in [0.15, 0.2) is 48.5 Å². The fourth-order valence-electron chi connectivity index (χ4n) is 2.31. The molecule has 2 rings (SSSR count). The van der Waals surface area contributed by atoms with Crippen molar-refractivity contribution in [1.82, 2.24) is 5.32 Å². The minimum Gasteiger partial charge on any atom is -0.346 e. The number of carbonyl (C=O) groups is 2. The van der Waals surface area contributed by atoms with Crippen LogP contribution in [-0.4, -0.2) is 11.8 Å². The van der Waals surface area contributed by atoms with Crippen LogP contribution < -0.4 is 10.6 Å². The lowest BCUT2D eigenvalue weighted by molar-refractivity contribution is -0.114. The van der Waals surface area contributed by atoms with Crippen LogP contribution in [0.4, 0.5) is 5.69 Å². The summed E-state index contributed by atoms with van der Waals surface area (Å²) < 4.78 is 0. The number of aryl methyl sites for hydroxylation is 1. The third-order valence-electron chi connectivity index (χ3n) is 3.70. The van der Waals surface area contributed by atoms with E-state index in [1.54, 1.807) is 24.3 Å². The van der Waals surface area contributed by atoms with E-state index in [0.717, 1.165) is 12.0 Å². The zero-order valence-electron chi connectivity index (χ0n) is 13.7.